The first-order chi connectivity index (χ1) is 10.6. The molecule has 0 aliphatic carbocycles. The first-order valence-corrected chi connectivity index (χ1v) is 7.48. The monoisotopic (exact) mass is 317 g/mol. The Labute approximate surface area is 134 Å². The SMILES string of the molecule is C=C(C)CN1C(=O)C2C(=Nc3oc(C(C)(C)C)c[n+]32)N(C)C1=O. The number of oxazole rings is 1. The maximum Gasteiger partial charge on any atom is 0.506 e. The molecule has 0 bridgehead atoms. The van der Waals surface area contributed by atoms with Gasteiger partial charge < -0.3 is 4.42 Å². The van der Waals surface area contributed by atoms with Crippen molar-refractivity contribution < 1.29 is 18.6 Å². The van der Waals surface area contributed by atoms with Crippen molar-refractivity contribution in [2.75, 3.05) is 13.6 Å². The third kappa shape index (κ3) is 2.27. The van der Waals surface area contributed by atoms with Crippen LogP contribution in [-0.2, 0) is 10.2 Å². The van der Waals surface area contributed by atoms with Crippen LogP contribution in [0, 0.1) is 0 Å². The van der Waals surface area contributed by atoms with Crippen LogP contribution in [0.1, 0.15) is 39.5 Å². The second-order valence-corrected chi connectivity index (χ2v) is 7.13. The predicted octanol–water partition coefficient (Wildman–Crippen LogP) is 1.92. The highest BCUT2D eigenvalue weighted by molar-refractivity contribution is 6.19. The van der Waals surface area contributed by atoms with E-state index in [1.165, 1.54) is 9.80 Å². The Kier molecular flexibility index (Phi) is 3.21. The average Bonchev–Trinajstić information content (AvgIpc) is 2.97. The zero-order chi connectivity index (χ0) is 17.1. The van der Waals surface area contributed by atoms with Crippen molar-refractivity contribution >= 4 is 23.8 Å². The minimum Gasteiger partial charge on any atom is -0.389 e. The highest BCUT2D eigenvalue weighted by atomic mass is 16.4. The van der Waals surface area contributed by atoms with Crippen LogP contribution in [0.5, 0.6) is 0 Å². The van der Waals surface area contributed by atoms with Gasteiger partial charge in [-0.05, 0) is 6.92 Å². The molecule has 0 spiro atoms. The number of aromatic nitrogens is 1. The van der Waals surface area contributed by atoms with Crippen LogP contribution in [0.3, 0.4) is 0 Å². The lowest BCUT2D eigenvalue weighted by molar-refractivity contribution is -0.679. The molecule has 3 amide bonds. The van der Waals surface area contributed by atoms with E-state index in [0.29, 0.717) is 11.9 Å². The number of nitrogens with zero attached hydrogens (tertiary/aromatic N) is 4. The fraction of sp³-hybridized carbons (Fsp3) is 0.500. The number of imide groups is 1. The van der Waals surface area contributed by atoms with E-state index in [0.717, 1.165) is 11.3 Å². The van der Waals surface area contributed by atoms with Crippen molar-refractivity contribution in [2.24, 2.45) is 4.99 Å². The normalized spacial score (nSPS) is 20.6. The molecule has 3 rings (SSSR count). The Morgan fingerprint density at radius 1 is 1.43 bits per heavy atom. The number of aliphatic imine (C=N–C) groups is 1. The predicted molar refractivity (Wildman–Crippen MR) is 83.4 cm³/mol. The molecule has 0 N–H and O–H groups in total. The van der Waals surface area contributed by atoms with Gasteiger partial charge in [-0.25, -0.2) is 4.79 Å². The Hall–Kier alpha value is -2.44. The Morgan fingerprint density at radius 2 is 2.09 bits per heavy atom. The molecular formula is C16H21N4O3+. The number of rotatable bonds is 2. The van der Waals surface area contributed by atoms with E-state index in [-0.39, 0.29) is 17.9 Å². The van der Waals surface area contributed by atoms with Crippen LogP contribution < -0.4 is 4.57 Å². The summed E-state index contributed by atoms with van der Waals surface area (Å²) in [5.41, 5.74) is 0.551. The molecular weight excluding hydrogens is 296 g/mol. The number of likely N-dealkylation sites (N-methyl/N-ethyl adjacent to an activating group) is 1. The largest absolute Gasteiger partial charge is 0.506 e. The van der Waals surface area contributed by atoms with Crippen LogP contribution in [0.4, 0.5) is 10.8 Å². The lowest BCUT2D eigenvalue weighted by atomic mass is 9.94. The highest BCUT2D eigenvalue weighted by Gasteiger charge is 2.55. The topological polar surface area (TPSA) is 70.0 Å². The molecule has 1 saturated heterocycles. The summed E-state index contributed by atoms with van der Waals surface area (Å²) in [6.45, 7) is 11.9. The number of urea groups is 1. The van der Waals surface area contributed by atoms with Gasteiger partial charge in [0, 0.05) is 17.5 Å². The van der Waals surface area contributed by atoms with Gasteiger partial charge in [-0.3, -0.25) is 14.6 Å². The molecule has 7 nitrogen and oxygen atoms in total. The van der Waals surface area contributed by atoms with Crippen LogP contribution in [0.25, 0.3) is 0 Å². The van der Waals surface area contributed by atoms with Gasteiger partial charge in [0.1, 0.15) is 6.20 Å². The molecule has 1 unspecified atom stereocenters. The third-order valence-corrected chi connectivity index (χ3v) is 3.94. The Balaban J connectivity index is 2.05. The molecule has 3 heterocycles. The number of fused-ring (bicyclic) bond motifs is 3. The van der Waals surface area contributed by atoms with E-state index in [4.69, 9.17) is 4.42 Å². The van der Waals surface area contributed by atoms with Crippen LogP contribution in [-0.4, -0.2) is 41.2 Å². The smallest absolute Gasteiger partial charge is 0.389 e. The van der Waals surface area contributed by atoms with Crippen molar-refractivity contribution in [2.45, 2.75) is 39.2 Å². The van der Waals surface area contributed by atoms with E-state index in [9.17, 15) is 9.59 Å². The molecule has 7 heteroatoms. The van der Waals surface area contributed by atoms with Crippen molar-refractivity contribution in [3.05, 3.63) is 24.1 Å². The molecule has 1 aromatic heterocycles. The number of hydrogen-bond acceptors (Lipinski definition) is 4. The van der Waals surface area contributed by atoms with Gasteiger partial charge in [0.05, 0.1) is 6.54 Å². The summed E-state index contributed by atoms with van der Waals surface area (Å²) in [7, 11) is 1.61. The molecule has 0 radical (unpaired) electrons. The number of carbonyl (C=O) groups is 2. The van der Waals surface area contributed by atoms with Crippen molar-refractivity contribution in [1.29, 1.82) is 0 Å². The fourth-order valence-electron chi connectivity index (χ4n) is 2.68. The van der Waals surface area contributed by atoms with Gasteiger partial charge >= 0.3 is 12.0 Å². The van der Waals surface area contributed by atoms with Crippen LogP contribution >= 0.6 is 0 Å². The van der Waals surface area contributed by atoms with Gasteiger partial charge in [0.15, 0.2) is 5.76 Å². The maximum atomic E-state index is 12.8. The van der Waals surface area contributed by atoms with Gasteiger partial charge in [-0.15, -0.1) is 0 Å². The lowest BCUT2D eigenvalue weighted by Crippen LogP contribution is -2.62. The second-order valence-electron chi connectivity index (χ2n) is 7.13. The van der Waals surface area contributed by atoms with Crippen LogP contribution in [0.2, 0.25) is 0 Å². The number of carbonyl (C=O) groups excluding carboxylic acids is 2. The first kappa shape index (κ1) is 15.5. The number of amidine groups is 1. The van der Waals surface area contributed by atoms with E-state index in [2.05, 4.69) is 11.6 Å². The molecule has 122 valence electrons. The summed E-state index contributed by atoms with van der Waals surface area (Å²) >= 11 is 0. The van der Waals surface area contributed by atoms with E-state index in [1.807, 2.05) is 20.8 Å². The Bertz CT molecular complexity index is 754. The molecule has 23 heavy (non-hydrogen) atoms. The summed E-state index contributed by atoms with van der Waals surface area (Å²) < 4.78 is 7.48. The van der Waals surface area contributed by atoms with Gasteiger partial charge in [0.25, 0.3) is 17.8 Å². The quantitative estimate of drug-likeness (QED) is 0.618. The third-order valence-electron chi connectivity index (χ3n) is 3.94. The molecule has 1 aromatic rings. The zero-order valence-electron chi connectivity index (χ0n) is 14.1. The molecule has 1 atom stereocenters. The van der Waals surface area contributed by atoms with Crippen molar-refractivity contribution in [3.8, 4) is 0 Å². The van der Waals surface area contributed by atoms with Crippen molar-refractivity contribution in [3.63, 3.8) is 0 Å². The molecule has 1 fully saturated rings. The summed E-state index contributed by atoms with van der Waals surface area (Å²) in [4.78, 5) is 32.2. The van der Waals surface area contributed by atoms with Gasteiger partial charge in [-0.1, -0.05) is 32.9 Å². The Morgan fingerprint density at radius 3 is 2.65 bits per heavy atom. The highest BCUT2D eigenvalue weighted by Crippen LogP contribution is 2.32. The zero-order valence-corrected chi connectivity index (χ0v) is 14.1. The lowest BCUT2D eigenvalue weighted by Gasteiger charge is -2.32. The fourth-order valence-corrected chi connectivity index (χ4v) is 2.68. The van der Waals surface area contributed by atoms with Gasteiger partial charge in [-0.2, -0.15) is 4.57 Å². The van der Waals surface area contributed by atoms with E-state index < -0.39 is 12.1 Å². The molecule has 0 saturated carbocycles. The minimum absolute atomic E-state index is 0.191. The molecule has 2 aliphatic heterocycles. The number of hydrogen-bond donors (Lipinski definition) is 0. The van der Waals surface area contributed by atoms with E-state index in [1.54, 1.807) is 24.7 Å². The summed E-state index contributed by atoms with van der Waals surface area (Å²) in [6, 6.07) is -0.707. The first-order valence-electron chi connectivity index (χ1n) is 7.48. The number of amides is 3. The standard InChI is InChI=1S/C16H21N4O3/c1-9(2)7-20-13(21)11-12(18(6)15(20)22)17-14-19(11)8-10(23-14)16(3,4)5/h8,11H,1,7H2,2-6H3/q+1. The maximum absolute atomic E-state index is 12.8. The van der Waals surface area contributed by atoms with Gasteiger partial charge in [0.2, 0.25) is 0 Å². The second kappa shape index (κ2) is 4.78. The summed E-state index contributed by atoms with van der Waals surface area (Å²) in [6.07, 6.45) is 1.80. The molecule has 0 aromatic carbocycles. The summed E-state index contributed by atoms with van der Waals surface area (Å²) in [5, 5.41) is 0. The minimum atomic E-state index is -0.660. The van der Waals surface area contributed by atoms with E-state index >= 15 is 0 Å². The van der Waals surface area contributed by atoms with Crippen molar-refractivity contribution in [1.82, 2.24) is 9.80 Å². The summed E-state index contributed by atoms with van der Waals surface area (Å²) in [5.74, 6) is 0.839. The molecule has 2 aliphatic rings. The average molecular weight is 317 g/mol. The van der Waals surface area contributed by atoms with Crippen LogP contribution in [0.15, 0.2) is 27.8 Å².